The van der Waals surface area contributed by atoms with E-state index < -0.39 is 0 Å². The summed E-state index contributed by atoms with van der Waals surface area (Å²) in [5, 5.41) is 0. The van der Waals surface area contributed by atoms with Crippen molar-refractivity contribution in [1.82, 2.24) is 0 Å². The predicted molar refractivity (Wildman–Crippen MR) is 50.6 cm³/mol. The van der Waals surface area contributed by atoms with E-state index in [1.54, 1.807) is 0 Å². The van der Waals surface area contributed by atoms with E-state index in [9.17, 15) is 9.59 Å². The molecule has 78 valence electrons. The molecule has 0 aromatic rings. The summed E-state index contributed by atoms with van der Waals surface area (Å²) in [4.78, 5) is 22.7. The summed E-state index contributed by atoms with van der Waals surface area (Å²) in [5.74, 6) is 0.419. The monoisotopic (exact) mass is 196 g/mol. The topological polar surface area (TPSA) is 43.4 Å². The number of hydrogen-bond acceptors (Lipinski definition) is 3. The zero-order chi connectivity index (χ0) is 10.1. The molecule has 3 atom stereocenters. The molecule has 0 N–H and O–H groups in total. The summed E-state index contributed by atoms with van der Waals surface area (Å²) in [6.07, 6.45) is 3.52. The molecule has 2 aliphatic rings. The van der Waals surface area contributed by atoms with E-state index in [-0.39, 0.29) is 23.6 Å². The highest BCUT2D eigenvalue weighted by molar-refractivity contribution is 5.94. The zero-order valence-electron chi connectivity index (χ0n) is 8.49. The van der Waals surface area contributed by atoms with Gasteiger partial charge in [-0.1, -0.05) is 13.3 Å². The molecule has 0 saturated heterocycles. The third kappa shape index (κ3) is 1.56. The highest BCUT2D eigenvalue weighted by Gasteiger charge is 2.62. The van der Waals surface area contributed by atoms with Crippen molar-refractivity contribution in [3.63, 3.8) is 0 Å². The van der Waals surface area contributed by atoms with Crippen LogP contribution in [-0.2, 0) is 14.3 Å². The quantitative estimate of drug-likeness (QED) is 0.506. The highest BCUT2D eigenvalue weighted by Crippen LogP contribution is 2.55. The van der Waals surface area contributed by atoms with Gasteiger partial charge in [0.25, 0.3) is 0 Å². The van der Waals surface area contributed by atoms with Gasteiger partial charge in [-0.2, -0.15) is 0 Å². The molecule has 3 unspecified atom stereocenters. The molecular weight excluding hydrogens is 180 g/mol. The van der Waals surface area contributed by atoms with Crippen LogP contribution in [0.5, 0.6) is 0 Å². The molecule has 14 heavy (non-hydrogen) atoms. The Morgan fingerprint density at radius 2 is 2.36 bits per heavy atom. The standard InChI is InChI=1S/C11H16O3/c1-2-3-6-14-11(13)10-7-4-5-8(12)9(7)10/h7,9-10H,2-6H2,1H3. The Morgan fingerprint density at radius 1 is 1.57 bits per heavy atom. The van der Waals surface area contributed by atoms with E-state index in [0.29, 0.717) is 18.9 Å². The van der Waals surface area contributed by atoms with Crippen molar-refractivity contribution < 1.29 is 14.3 Å². The first kappa shape index (κ1) is 9.69. The Kier molecular flexibility index (Phi) is 2.57. The highest BCUT2D eigenvalue weighted by atomic mass is 16.5. The van der Waals surface area contributed by atoms with Crippen LogP contribution in [0.15, 0.2) is 0 Å². The van der Waals surface area contributed by atoms with Crippen molar-refractivity contribution in [3.05, 3.63) is 0 Å². The third-order valence-electron chi connectivity index (χ3n) is 3.28. The Labute approximate surface area is 83.8 Å². The van der Waals surface area contributed by atoms with Crippen LogP contribution < -0.4 is 0 Å². The van der Waals surface area contributed by atoms with Gasteiger partial charge < -0.3 is 4.74 Å². The molecule has 0 amide bonds. The molecule has 0 radical (unpaired) electrons. The van der Waals surface area contributed by atoms with E-state index in [1.807, 2.05) is 0 Å². The lowest BCUT2D eigenvalue weighted by Gasteiger charge is -2.04. The van der Waals surface area contributed by atoms with E-state index in [2.05, 4.69) is 6.92 Å². The summed E-state index contributed by atoms with van der Waals surface area (Å²) in [6.45, 7) is 2.57. The second-order valence-corrected chi connectivity index (χ2v) is 4.24. The predicted octanol–water partition coefficient (Wildman–Crippen LogP) is 1.55. The number of unbranched alkanes of at least 4 members (excludes halogenated alkanes) is 1. The molecule has 2 saturated carbocycles. The summed E-state index contributed by atoms with van der Waals surface area (Å²) in [7, 11) is 0. The first-order valence-electron chi connectivity index (χ1n) is 5.45. The van der Waals surface area contributed by atoms with Crippen molar-refractivity contribution in [2.45, 2.75) is 32.6 Å². The van der Waals surface area contributed by atoms with Crippen LogP contribution in [0.4, 0.5) is 0 Å². The van der Waals surface area contributed by atoms with E-state index in [0.717, 1.165) is 19.3 Å². The van der Waals surface area contributed by atoms with Crippen LogP contribution >= 0.6 is 0 Å². The number of esters is 1. The van der Waals surface area contributed by atoms with Crippen molar-refractivity contribution in [1.29, 1.82) is 0 Å². The van der Waals surface area contributed by atoms with E-state index >= 15 is 0 Å². The minimum Gasteiger partial charge on any atom is -0.465 e. The molecule has 0 heterocycles. The molecule has 2 rings (SSSR count). The number of rotatable bonds is 4. The second-order valence-electron chi connectivity index (χ2n) is 4.24. The molecule has 3 nitrogen and oxygen atoms in total. The van der Waals surface area contributed by atoms with Crippen LogP contribution in [0, 0.1) is 17.8 Å². The molecule has 2 aliphatic carbocycles. The maximum atomic E-state index is 11.5. The lowest BCUT2D eigenvalue weighted by molar-refractivity contribution is -0.147. The molecule has 0 aromatic carbocycles. The molecule has 0 bridgehead atoms. The van der Waals surface area contributed by atoms with Gasteiger partial charge in [-0.3, -0.25) is 9.59 Å². The molecule has 2 fully saturated rings. The number of carbonyl (C=O) groups is 2. The van der Waals surface area contributed by atoms with Gasteiger partial charge in [0.2, 0.25) is 0 Å². The van der Waals surface area contributed by atoms with Gasteiger partial charge in [0.05, 0.1) is 12.5 Å². The lowest BCUT2D eigenvalue weighted by Crippen LogP contribution is -2.13. The number of hydrogen-bond donors (Lipinski definition) is 0. The second kappa shape index (κ2) is 3.71. The average Bonchev–Trinajstić information content (AvgIpc) is 2.79. The van der Waals surface area contributed by atoms with E-state index in [4.69, 9.17) is 4.74 Å². The number of ether oxygens (including phenoxy) is 1. The van der Waals surface area contributed by atoms with Crippen LogP contribution in [0.25, 0.3) is 0 Å². The maximum absolute atomic E-state index is 11.5. The largest absolute Gasteiger partial charge is 0.465 e. The Balaban J connectivity index is 1.76. The molecule has 0 aliphatic heterocycles. The number of ketones is 1. The van der Waals surface area contributed by atoms with Gasteiger partial charge in [-0.25, -0.2) is 0 Å². The minimum atomic E-state index is -0.137. The van der Waals surface area contributed by atoms with Crippen molar-refractivity contribution in [2.75, 3.05) is 6.61 Å². The summed E-state index contributed by atoms with van der Waals surface area (Å²) < 4.78 is 5.10. The number of fused-ring (bicyclic) bond motifs is 1. The molecular formula is C11H16O3. The Morgan fingerprint density at radius 3 is 2.93 bits per heavy atom. The van der Waals surface area contributed by atoms with Gasteiger partial charge in [0.15, 0.2) is 0 Å². The fourth-order valence-electron chi connectivity index (χ4n) is 2.38. The molecule has 3 heteroatoms. The minimum absolute atomic E-state index is 0.0316. The summed E-state index contributed by atoms with van der Waals surface area (Å²) in [6, 6.07) is 0. The lowest BCUT2D eigenvalue weighted by atomic mass is 10.1. The number of Topliss-reactive ketones (excluding diaryl/α,β-unsaturated/α-hetero) is 1. The SMILES string of the molecule is CCCCOC(=O)C1C2CCC(=O)C21. The van der Waals surface area contributed by atoms with Crippen LogP contribution in [-0.4, -0.2) is 18.4 Å². The fraction of sp³-hybridized carbons (Fsp3) is 0.818. The normalized spacial score (nSPS) is 34.1. The van der Waals surface area contributed by atoms with Gasteiger partial charge in [0, 0.05) is 12.3 Å². The van der Waals surface area contributed by atoms with Gasteiger partial charge >= 0.3 is 5.97 Å². The fourth-order valence-corrected chi connectivity index (χ4v) is 2.38. The smallest absolute Gasteiger partial charge is 0.309 e. The first-order valence-corrected chi connectivity index (χ1v) is 5.45. The molecule has 0 spiro atoms. The van der Waals surface area contributed by atoms with Crippen molar-refractivity contribution >= 4 is 11.8 Å². The summed E-state index contributed by atoms with van der Waals surface area (Å²) in [5.41, 5.74) is 0. The number of carbonyl (C=O) groups excluding carboxylic acids is 2. The molecule has 0 aromatic heterocycles. The van der Waals surface area contributed by atoms with Crippen LogP contribution in [0.1, 0.15) is 32.6 Å². The Hall–Kier alpha value is -0.860. The van der Waals surface area contributed by atoms with Crippen molar-refractivity contribution in [3.8, 4) is 0 Å². The van der Waals surface area contributed by atoms with Gasteiger partial charge in [-0.15, -0.1) is 0 Å². The summed E-state index contributed by atoms with van der Waals surface area (Å²) >= 11 is 0. The van der Waals surface area contributed by atoms with Crippen LogP contribution in [0.3, 0.4) is 0 Å². The average molecular weight is 196 g/mol. The van der Waals surface area contributed by atoms with Gasteiger partial charge in [0.1, 0.15) is 5.78 Å². The third-order valence-corrected chi connectivity index (χ3v) is 3.28. The van der Waals surface area contributed by atoms with Gasteiger partial charge in [-0.05, 0) is 18.8 Å². The zero-order valence-corrected chi connectivity index (χ0v) is 8.49. The first-order chi connectivity index (χ1) is 6.75. The van der Waals surface area contributed by atoms with Crippen molar-refractivity contribution in [2.24, 2.45) is 17.8 Å². The Bertz CT molecular complexity index is 259. The maximum Gasteiger partial charge on any atom is 0.309 e. The van der Waals surface area contributed by atoms with E-state index in [1.165, 1.54) is 0 Å². The van der Waals surface area contributed by atoms with Crippen LogP contribution in [0.2, 0.25) is 0 Å².